The fraction of sp³-hybridized carbons (Fsp3) is 0.261. The first-order valence-corrected chi connectivity index (χ1v) is 9.72. The van der Waals surface area contributed by atoms with Gasteiger partial charge in [0, 0.05) is 28.5 Å². The summed E-state index contributed by atoms with van der Waals surface area (Å²) in [6, 6.07) is 18.0. The predicted octanol–water partition coefficient (Wildman–Crippen LogP) is 5.41. The van der Waals surface area contributed by atoms with Gasteiger partial charge in [-0.3, -0.25) is 4.79 Å². The number of carbonyl (C=O) groups is 1. The average Bonchev–Trinajstić information content (AvgIpc) is 2.94. The van der Waals surface area contributed by atoms with E-state index in [1.54, 1.807) is 0 Å². The van der Waals surface area contributed by atoms with Gasteiger partial charge in [0.1, 0.15) is 0 Å². The Hall–Kier alpha value is -2.52. The molecular formula is C23H25ClN2O. The first kappa shape index (κ1) is 19.2. The second-order valence-electron chi connectivity index (χ2n) is 6.79. The van der Waals surface area contributed by atoms with Crippen LogP contribution >= 0.6 is 11.6 Å². The zero-order valence-electron chi connectivity index (χ0n) is 15.8. The maximum Gasteiger partial charge on any atom is 0.251 e. The van der Waals surface area contributed by atoms with Gasteiger partial charge in [-0.05, 0) is 43.0 Å². The molecule has 140 valence electrons. The number of primary amides is 1. The average molecular weight is 381 g/mol. The Balaban J connectivity index is 2.10. The second kappa shape index (κ2) is 8.45. The molecule has 3 rings (SSSR count). The van der Waals surface area contributed by atoms with Crippen molar-refractivity contribution in [2.45, 2.75) is 39.7 Å². The van der Waals surface area contributed by atoms with Crippen molar-refractivity contribution in [2.24, 2.45) is 5.73 Å². The molecule has 0 atom stereocenters. The molecule has 1 aromatic heterocycles. The quantitative estimate of drug-likeness (QED) is 0.585. The van der Waals surface area contributed by atoms with Crippen LogP contribution in [0.15, 0.2) is 54.6 Å². The van der Waals surface area contributed by atoms with E-state index in [-0.39, 0.29) is 5.91 Å². The first-order valence-electron chi connectivity index (χ1n) is 9.34. The molecule has 0 aliphatic heterocycles. The standard InChI is InChI=1S/C23H25ClN2O/c1-3-7-20-22(18-10-12-19(24)13-11-18)21(23(25)27)16(2)26(20)15-14-17-8-5-4-6-9-17/h4-6,8-13H,3,7,14-15H2,1-2H3,(H2,25,27). The molecule has 2 N–H and O–H groups in total. The van der Waals surface area contributed by atoms with Gasteiger partial charge in [0.05, 0.1) is 5.56 Å². The lowest BCUT2D eigenvalue weighted by Gasteiger charge is -2.13. The van der Waals surface area contributed by atoms with Crippen LogP contribution in [0.5, 0.6) is 0 Å². The minimum absolute atomic E-state index is 0.381. The molecule has 0 aliphatic rings. The number of carbonyl (C=O) groups excluding carboxylic acids is 1. The van der Waals surface area contributed by atoms with Gasteiger partial charge in [-0.25, -0.2) is 0 Å². The van der Waals surface area contributed by atoms with E-state index in [0.717, 1.165) is 42.6 Å². The van der Waals surface area contributed by atoms with Crippen molar-refractivity contribution in [3.05, 3.63) is 82.1 Å². The van der Waals surface area contributed by atoms with Gasteiger partial charge in [-0.15, -0.1) is 0 Å². The largest absolute Gasteiger partial charge is 0.366 e. The molecule has 0 bridgehead atoms. The molecule has 3 nitrogen and oxygen atoms in total. The molecule has 1 heterocycles. The fourth-order valence-corrected chi connectivity index (χ4v) is 3.84. The summed E-state index contributed by atoms with van der Waals surface area (Å²) in [5, 5.41) is 0.677. The molecule has 0 saturated carbocycles. The maximum atomic E-state index is 12.3. The monoisotopic (exact) mass is 380 g/mol. The van der Waals surface area contributed by atoms with Crippen molar-refractivity contribution in [3.8, 4) is 11.1 Å². The number of benzene rings is 2. The van der Waals surface area contributed by atoms with Crippen LogP contribution in [-0.2, 0) is 19.4 Å². The predicted molar refractivity (Wildman–Crippen MR) is 112 cm³/mol. The van der Waals surface area contributed by atoms with Crippen LogP contribution in [-0.4, -0.2) is 10.5 Å². The number of hydrogen-bond donors (Lipinski definition) is 1. The molecule has 1 amide bonds. The van der Waals surface area contributed by atoms with E-state index in [1.165, 1.54) is 11.3 Å². The Morgan fingerprint density at radius 3 is 2.30 bits per heavy atom. The van der Waals surface area contributed by atoms with E-state index < -0.39 is 0 Å². The lowest BCUT2D eigenvalue weighted by molar-refractivity contribution is 0.1000. The molecule has 0 radical (unpaired) electrons. The van der Waals surface area contributed by atoms with Gasteiger partial charge < -0.3 is 10.3 Å². The van der Waals surface area contributed by atoms with E-state index in [0.29, 0.717) is 10.6 Å². The summed E-state index contributed by atoms with van der Waals surface area (Å²) in [6.07, 6.45) is 2.79. The fourth-order valence-electron chi connectivity index (χ4n) is 3.71. The summed E-state index contributed by atoms with van der Waals surface area (Å²) >= 11 is 6.06. The van der Waals surface area contributed by atoms with Crippen LogP contribution in [0.25, 0.3) is 11.1 Å². The summed E-state index contributed by atoms with van der Waals surface area (Å²) in [5.74, 6) is -0.381. The third-order valence-electron chi connectivity index (χ3n) is 4.96. The Morgan fingerprint density at radius 2 is 1.70 bits per heavy atom. The van der Waals surface area contributed by atoms with E-state index in [9.17, 15) is 4.79 Å². The molecule has 2 aromatic carbocycles. The van der Waals surface area contributed by atoms with Crippen LogP contribution < -0.4 is 5.73 Å². The van der Waals surface area contributed by atoms with Crippen molar-refractivity contribution < 1.29 is 4.79 Å². The van der Waals surface area contributed by atoms with Gasteiger partial charge in [0.25, 0.3) is 5.91 Å². The third kappa shape index (κ3) is 4.09. The first-order chi connectivity index (χ1) is 13.0. The number of rotatable bonds is 7. The minimum atomic E-state index is -0.381. The normalized spacial score (nSPS) is 10.9. The highest BCUT2D eigenvalue weighted by atomic mass is 35.5. The zero-order valence-corrected chi connectivity index (χ0v) is 16.6. The van der Waals surface area contributed by atoms with Crippen molar-refractivity contribution in [1.29, 1.82) is 0 Å². The lowest BCUT2D eigenvalue weighted by Crippen LogP contribution is -2.14. The molecule has 27 heavy (non-hydrogen) atoms. The highest BCUT2D eigenvalue weighted by molar-refractivity contribution is 6.30. The second-order valence-corrected chi connectivity index (χ2v) is 7.23. The number of aromatic nitrogens is 1. The van der Waals surface area contributed by atoms with E-state index in [1.807, 2.05) is 37.3 Å². The number of halogens is 1. The van der Waals surface area contributed by atoms with Gasteiger partial charge in [0.2, 0.25) is 0 Å². The molecule has 0 saturated heterocycles. The number of aryl methyl sites for hydroxylation is 1. The van der Waals surface area contributed by atoms with Gasteiger partial charge in [-0.2, -0.15) is 0 Å². The van der Waals surface area contributed by atoms with Crippen LogP contribution in [0.4, 0.5) is 0 Å². The smallest absolute Gasteiger partial charge is 0.251 e. The summed E-state index contributed by atoms with van der Waals surface area (Å²) in [7, 11) is 0. The van der Waals surface area contributed by atoms with Gasteiger partial charge in [0.15, 0.2) is 0 Å². The lowest BCUT2D eigenvalue weighted by atomic mass is 9.98. The highest BCUT2D eigenvalue weighted by Crippen LogP contribution is 2.34. The SMILES string of the molecule is CCCc1c(-c2ccc(Cl)cc2)c(C(N)=O)c(C)n1CCc1ccccc1. The summed E-state index contributed by atoms with van der Waals surface area (Å²) in [5.41, 5.74) is 11.7. The van der Waals surface area contributed by atoms with Crippen molar-refractivity contribution in [1.82, 2.24) is 4.57 Å². The minimum Gasteiger partial charge on any atom is -0.366 e. The molecule has 0 fully saturated rings. The summed E-state index contributed by atoms with van der Waals surface area (Å²) in [4.78, 5) is 12.3. The van der Waals surface area contributed by atoms with Crippen LogP contribution in [0.3, 0.4) is 0 Å². The Kier molecular flexibility index (Phi) is 6.02. The topological polar surface area (TPSA) is 48.0 Å². The molecule has 3 aromatic rings. The number of nitrogens with zero attached hydrogens (tertiary/aromatic N) is 1. The molecule has 0 spiro atoms. The van der Waals surface area contributed by atoms with Crippen molar-refractivity contribution >= 4 is 17.5 Å². The summed E-state index contributed by atoms with van der Waals surface area (Å²) < 4.78 is 2.26. The third-order valence-corrected chi connectivity index (χ3v) is 5.22. The van der Waals surface area contributed by atoms with Crippen molar-refractivity contribution in [3.63, 3.8) is 0 Å². The van der Waals surface area contributed by atoms with E-state index in [2.05, 4.69) is 35.8 Å². The van der Waals surface area contributed by atoms with Gasteiger partial charge >= 0.3 is 0 Å². The Morgan fingerprint density at radius 1 is 1.04 bits per heavy atom. The van der Waals surface area contributed by atoms with Crippen LogP contribution in [0, 0.1) is 6.92 Å². The maximum absolute atomic E-state index is 12.3. The van der Waals surface area contributed by atoms with Crippen LogP contribution in [0.1, 0.15) is 40.7 Å². The van der Waals surface area contributed by atoms with E-state index >= 15 is 0 Å². The van der Waals surface area contributed by atoms with Gasteiger partial charge in [-0.1, -0.05) is 67.4 Å². The molecule has 0 unspecified atom stereocenters. The molecule has 4 heteroatoms. The zero-order chi connectivity index (χ0) is 19.4. The summed E-state index contributed by atoms with van der Waals surface area (Å²) in [6.45, 7) is 4.96. The Labute approximate surface area is 165 Å². The number of nitrogens with two attached hydrogens (primary N) is 1. The Bertz CT molecular complexity index is 927. The van der Waals surface area contributed by atoms with Crippen molar-refractivity contribution in [2.75, 3.05) is 0 Å². The number of amides is 1. The van der Waals surface area contributed by atoms with E-state index in [4.69, 9.17) is 17.3 Å². The highest BCUT2D eigenvalue weighted by Gasteiger charge is 2.24. The van der Waals surface area contributed by atoms with Crippen LogP contribution in [0.2, 0.25) is 5.02 Å². The molecular weight excluding hydrogens is 356 g/mol. The molecule has 0 aliphatic carbocycles. The number of hydrogen-bond acceptors (Lipinski definition) is 1.